The number of carboxylic acids is 1. The zero-order valence-corrected chi connectivity index (χ0v) is 15.8. The fourth-order valence-corrected chi connectivity index (χ4v) is 4.66. The summed E-state index contributed by atoms with van der Waals surface area (Å²) in [5.41, 5.74) is 6.80. The van der Waals surface area contributed by atoms with Crippen LogP contribution < -0.4 is 20.8 Å². The van der Waals surface area contributed by atoms with Crippen molar-refractivity contribution in [2.75, 3.05) is 17.7 Å². The van der Waals surface area contributed by atoms with Crippen LogP contribution in [0.25, 0.3) is 0 Å². The lowest BCUT2D eigenvalue weighted by Gasteiger charge is -2.49. The molecule has 0 bridgehead atoms. The lowest BCUT2D eigenvalue weighted by molar-refractivity contribution is -0.767. The van der Waals surface area contributed by atoms with E-state index >= 15 is 0 Å². The number of carbonyl (C=O) groups is 4. The molecule has 2 aliphatic rings. The summed E-state index contributed by atoms with van der Waals surface area (Å²) in [5.74, 6) is -1.03. The second-order valence-electron chi connectivity index (χ2n) is 6.29. The molecule has 3 N–H and O–H groups in total. The Bertz CT molecular complexity index is 866. The molecular formula is C16H19N5O6S. The van der Waals surface area contributed by atoms with Gasteiger partial charge in [0.1, 0.15) is 24.6 Å². The minimum absolute atomic E-state index is 0.0633. The fraction of sp³-hybridized carbons (Fsp3) is 0.438. The maximum absolute atomic E-state index is 12.0. The predicted octanol–water partition coefficient (Wildman–Crippen LogP) is -2.93. The Morgan fingerprint density at radius 2 is 2.29 bits per heavy atom. The quantitative estimate of drug-likeness (QED) is 0.190. The number of hydrogen-bond acceptors (Lipinski definition) is 8. The molecule has 11 nitrogen and oxygen atoms in total. The van der Waals surface area contributed by atoms with Crippen LogP contribution in [-0.4, -0.2) is 58.1 Å². The molecule has 3 heterocycles. The average Bonchev–Trinajstić information content (AvgIpc) is 2.96. The van der Waals surface area contributed by atoms with Crippen LogP contribution in [0.3, 0.4) is 0 Å². The monoisotopic (exact) mass is 409 g/mol. The number of aliphatic carboxylic acids is 1. The van der Waals surface area contributed by atoms with Gasteiger partial charge >= 0.3 is 0 Å². The van der Waals surface area contributed by atoms with Gasteiger partial charge in [0, 0.05) is 11.3 Å². The molecule has 0 saturated carbocycles. The minimum atomic E-state index is -1.44. The normalized spacial score (nSPS) is 21.1. The van der Waals surface area contributed by atoms with Crippen molar-refractivity contribution in [3.05, 3.63) is 23.0 Å². The number of thioether (sulfide) groups is 1. The van der Waals surface area contributed by atoms with Gasteiger partial charge in [-0.15, -0.1) is 21.1 Å². The molecule has 0 aromatic carbocycles. The van der Waals surface area contributed by atoms with E-state index in [-0.39, 0.29) is 25.4 Å². The number of ether oxygens (including phenoxy) is 1. The first-order chi connectivity index (χ1) is 13.4. The van der Waals surface area contributed by atoms with E-state index in [9.17, 15) is 24.3 Å². The third-order valence-electron chi connectivity index (χ3n) is 4.60. The summed E-state index contributed by atoms with van der Waals surface area (Å²) in [5, 5.41) is 13.9. The van der Waals surface area contributed by atoms with Crippen LogP contribution in [0, 0.1) is 6.92 Å². The number of fused-ring (bicyclic) bond motifs is 1. The van der Waals surface area contributed by atoms with Gasteiger partial charge in [0.2, 0.25) is 18.5 Å². The number of nitrogens with two attached hydrogens (primary N) is 1. The van der Waals surface area contributed by atoms with Gasteiger partial charge in [0.05, 0.1) is 17.2 Å². The zero-order valence-electron chi connectivity index (χ0n) is 15.0. The summed E-state index contributed by atoms with van der Waals surface area (Å²) in [6.07, 6.45) is 2.25. The van der Waals surface area contributed by atoms with E-state index < -0.39 is 23.3 Å². The van der Waals surface area contributed by atoms with Crippen molar-refractivity contribution in [2.45, 2.75) is 31.4 Å². The van der Waals surface area contributed by atoms with Gasteiger partial charge in [-0.3, -0.25) is 19.3 Å². The summed E-state index contributed by atoms with van der Waals surface area (Å²) >= 11 is 1.39. The number of aromatic nitrogens is 2. The Labute approximate surface area is 164 Å². The summed E-state index contributed by atoms with van der Waals surface area (Å²) in [4.78, 5) is 46.3. The van der Waals surface area contributed by atoms with Crippen molar-refractivity contribution in [3.8, 4) is 0 Å². The van der Waals surface area contributed by atoms with Crippen LogP contribution >= 0.6 is 11.8 Å². The van der Waals surface area contributed by atoms with Gasteiger partial charge in [0.25, 0.3) is 6.47 Å². The van der Waals surface area contributed by atoms with E-state index in [1.54, 1.807) is 22.5 Å². The number of anilines is 1. The second kappa shape index (κ2) is 8.02. The number of amides is 2. The molecule has 1 aromatic rings. The highest BCUT2D eigenvalue weighted by molar-refractivity contribution is 8.00. The summed E-state index contributed by atoms with van der Waals surface area (Å²) < 4.78 is 8.09. The topological polar surface area (TPSA) is 151 Å². The second-order valence-corrected chi connectivity index (χ2v) is 7.39. The molecule has 28 heavy (non-hydrogen) atoms. The number of aryl methyl sites for hydroxylation is 1. The molecule has 1 aromatic heterocycles. The Kier molecular flexibility index (Phi) is 5.70. The molecule has 3 rings (SSSR count). The molecule has 0 spiro atoms. The number of nitrogens with zero attached hydrogens (tertiary/aromatic N) is 3. The molecular weight excluding hydrogens is 390 g/mol. The van der Waals surface area contributed by atoms with Crippen molar-refractivity contribution in [1.29, 1.82) is 0 Å². The predicted molar refractivity (Wildman–Crippen MR) is 94.2 cm³/mol. The number of carbonyl (C=O) groups excluding carboxylic acids is 4. The lowest BCUT2D eigenvalue weighted by Crippen LogP contribution is -2.69. The highest BCUT2D eigenvalue weighted by atomic mass is 32.2. The molecule has 0 radical (unpaired) electrons. The third kappa shape index (κ3) is 3.36. The first-order valence-electron chi connectivity index (χ1n) is 8.39. The van der Waals surface area contributed by atoms with Gasteiger partial charge in [0.15, 0.2) is 12.4 Å². The molecule has 1 fully saturated rings. The first kappa shape index (κ1) is 19.9. The van der Waals surface area contributed by atoms with Gasteiger partial charge in [-0.2, -0.15) is 0 Å². The minimum Gasteiger partial charge on any atom is -0.543 e. The molecule has 150 valence electrons. The maximum atomic E-state index is 12.0. The molecule has 2 atom stereocenters. The van der Waals surface area contributed by atoms with Crippen molar-refractivity contribution in [1.82, 2.24) is 9.58 Å². The van der Waals surface area contributed by atoms with Crippen LogP contribution in [0.5, 0.6) is 0 Å². The van der Waals surface area contributed by atoms with Crippen LogP contribution in [0.15, 0.2) is 17.5 Å². The average molecular weight is 409 g/mol. The van der Waals surface area contributed by atoms with Crippen molar-refractivity contribution >= 4 is 42.3 Å². The number of nitrogens with one attached hydrogen (secondary N) is 1. The van der Waals surface area contributed by atoms with E-state index in [4.69, 9.17) is 10.5 Å². The number of rotatable bonds is 9. The summed E-state index contributed by atoms with van der Waals surface area (Å²) in [6, 6.07) is -0.719. The highest BCUT2D eigenvalue weighted by Crippen LogP contribution is 2.39. The summed E-state index contributed by atoms with van der Waals surface area (Å²) in [7, 11) is 0. The van der Waals surface area contributed by atoms with Crippen LogP contribution in [0.1, 0.15) is 5.56 Å². The van der Waals surface area contributed by atoms with E-state index in [2.05, 4.69) is 5.32 Å². The van der Waals surface area contributed by atoms with Gasteiger partial charge < -0.3 is 25.7 Å². The standard InChI is InChI=1S/C16H19N5O6S/c1-9-4-19(20(2-3-27-8-23)13(9)18-7-22)5-10-6-28-15-11(17)14(24)21(15)12(10)16(25)26/h4,7-8,11,15H,2-3,5-6,17H2,1H3,(H,25,26)/t11-,15-/m1/s1. The number of carboxylic acid groups (broad SMARTS) is 1. The van der Waals surface area contributed by atoms with E-state index in [0.717, 1.165) is 5.56 Å². The molecule has 1 saturated heterocycles. The third-order valence-corrected chi connectivity index (χ3v) is 5.96. The van der Waals surface area contributed by atoms with Crippen molar-refractivity contribution < 1.29 is 33.7 Å². The van der Waals surface area contributed by atoms with Crippen LogP contribution in [0.2, 0.25) is 0 Å². The van der Waals surface area contributed by atoms with Crippen molar-refractivity contribution in [3.63, 3.8) is 0 Å². The van der Waals surface area contributed by atoms with E-state index in [1.807, 2.05) is 0 Å². The highest BCUT2D eigenvalue weighted by Gasteiger charge is 2.50. The molecule has 0 aliphatic carbocycles. The molecule has 0 unspecified atom stereocenters. The van der Waals surface area contributed by atoms with Crippen LogP contribution in [0.4, 0.5) is 5.82 Å². The fourth-order valence-electron chi connectivity index (χ4n) is 3.37. The SMILES string of the molecule is Cc1c[n+](CC2=C(C(=O)[O-])N3C(=O)[C@@H](N)[C@H]3SC2)n(CCOC=O)c1NC=O. The van der Waals surface area contributed by atoms with Gasteiger partial charge in [-0.1, -0.05) is 0 Å². The van der Waals surface area contributed by atoms with E-state index in [0.29, 0.717) is 30.0 Å². The smallest absolute Gasteiger partial charge is 0.293 e. The molecule has 2 amide bonds. The Morgan fingerprint density at radius 3 is 2.93 bits per heavy atom. The molecule has 12 heteroatoms. The Balaban J connectivity index is 1.96. The Hall–Kier alpha value is -2.86. The number of β-lactam (4-membered cyclic amide) rings is 1. The van der Waals surface area contributed by atoms with E-state index in [1.165, 1.54) is 16.7 Å². The summed E-state index contributed by atoms with van der Waals surface area (Å²) in [6.45, 7) is 2.54. The van der Waals surface area contributed by atoms with Gasteiger partial charge in [-0.25, -0.2) is 0 Å². The molecule has 2 aliphatic heterocycles. The Morgan fingerprint density at radius 1 is 1.54 bits per heavy atom. The van der Waals surface area contributed by atoms with Gasteiger partial charge in [-0.05, 0) is 6.92 Å². The number of hydrogen-bond donors (Lipinski definition) is 2. The maximum Gasteiger partial charge on any atom is 0.293 e. The first-order valence-corrected chi connectivity index (χ1v) is 9.44. The zero-order chi connectivity index (χ0) is 20.4. The van der Waals surface area contributed by atoms with Crippen LogP contribution in [-0.2, 0) is 37.0 Å². The van der Waals surface area contributed by atoms with Crippen molar-refractivity contribution in [2.24, 2.45) is 5.73 Å². The lowest BCUT2D eigenvalue weighted by atomic mass is 10.0. The largest absolute Gasteiger partial charge is 0.543 e.